The summed E-state index contributed by atoms with van der Waals surface area (Å²) in [6, 6.07) is 63.2. The smallest absolute Gasteiger partial charge is 0.164 e. The highest BCUT2D eigenvalue weighted by molar-refractivity contribution is 7.26. The number of unbranched alkanes of at least 4 members (excludes halogenated alkanes) is 1. The molecule has 0 spiro atoms. The molecule has 3 heterocycles. The van der Waals surface area contributed by atoms with Gasteiger partial charge in [0.1, 0.15) is 0 Å². The number of hydrogen-bond acceptors (Lipinski definition) is 4. The minimum atomic E-state index is 0.660. The van der Waals surface area contributed by atoms with E-state index in [2.05, 4.69) is 169 Å². The predicted molar refractivity (Wildman–Crippen MR) is 245 cm³/mol. The first-order valence-corrected chi connectivity index (χ1v) is 20.9. The number of fused-ring (bicyclic) bond motifs is 7. The van der Waals surface area contributed by atoms with Crippen molar-refractivity contribution >= 4 is 64.1 Å². The third kappa shape index (κ3) is 5.77. The second-order valence-corrected chi connectivity index (χ2v) is 16.1. The standard InChI is InChI=1S/C53H38N4S/c1-2-3-15-34-16-13-19-37(32-34)52-54-51(35-17-5-4-6-18-35)55-53(56-52)44-29-31-47(40-21-8-7-20-39(40)44)57-46-26-11-9-22-41(46)45-33-36(28-30-48(45)57)38-24-14-25-43-42-23-10-12-27-49(42)58-50(38)43/h4-14,16-33H,2-3,15H2,1H3. The molecule has 0 unspecified atom stereocenters. The Morgan fingerprint density at radius 2 is 1.12 bits per heavy atom. The van der Waals surface area contributed by atoms with E-state index < -0.39 is 0 Å². The second kappa shape index (κ2) is 14.2. The molecule has 0 fully saturated rings. The van der Waals surface area contributed by atoms with Crippen molar-refractivity contribution in [1.82, 2.24) is 19.5 Å². The molecule has 276 valence electrons. The average molecular weight is 763 g/mol. The van der Waals surface area contributed by atoms with E-state index in [9.17, 15) is 0 Å². The van der Waals surface area contributed by atoms with Gasteiger partial charge in [-0.25, -0.2) is 15.0 Å². The highest BCUT2D eigenvalue weighted by Crippen LogP contribution is 2.43. The van der Waals surface area contributed by atoms with E-state index in [1.165, 1.54) is 58.7 Å². The van der Waals surface area contributed by atoms with E-state index in [0.29, 0.717) is 17.5 Å². The fourth-order valence-electron chi connectivity index (χ4n) is 8.64. The fraction of sp³-hybridized carbons (Fsp3) is 0.0755. The van der Waals surface area contributed by atoms with Crippen LogP contribution in [-0.2, 0) is 6.42 Å². The molecule has 0 saturated heterocycles. The Hall–Kier alpha value is -6.95. The Morgan fingerprint density at radius 3 is 1.98 bits per heavy atom. The maximum atomic E-state index is 5.21. The SMILES string of the molecule is CCCCc1cccc(-c2nc(-c3ccccc3)nc(-c3ccc(-n4c5ccccc5c5cc(-c6cccc7c6sc6ccccc67)ccc54)c4ccccc34)n2)c1. The van der Waals surface area contributed by atoms with Crippen molar-refractivity contribution in [3.63, 3.8) is 0 Å². The van der Waals surface area contributed by atoms with E-state index in [1.54, 1.807) is 0 Å². The van der Waals surface area contributed by atoms with Gasteiger partial charge >= 0.3 is 0 Å². The van der Waals surface area contributed by atoms with E-state index in [1.807, 2.05) is 29.5 Å². The summed E-state index contributed by atoms with van der Waals surface area (Å²) in [6.07, 6.45) is 3.34. The molecule has 3 aromatic heterocycles. The Labute approximate surface area is 340 Å². The summed E-state index contributed by atoms with van der Waals surface area (Å²) in [5.41, 5.74) is 10.2. The van der Waals surface area contributed by atoms with Gasteiger partial charge in [-0.3, -0.25) is 0 Å². The molecule has 0 N–H and O–H groups in total. The average Bonchev–Trinajstić information content (AvgIpc) is 3.84. The number of para-hydroxylation sites is 1. The predicted octanol–water partition coefficient (Wildman–Crippen LogP) is 14.5. The van der Waals surface area contributed by atoms with Crippen LogP contribution in [0, 0.1) is 0 Å². The monoisotopic (exact) mass is 762 g/mol. The van der Waals surface area contributed by atoms with Crippen LogP contribution in [0.1, 0.15) is 25.3 Å². The zero-order valence-corrected chi connectivity index (χ0v) is 32.9. The highest BCUT2D eigenvalue weighted by Gasteiger charge is 2.20. The van der Waals surface area contributed by atoms with Gasteiger partial charge in [-0.05, 0) is 77.4 Å². The van der Waals surface area contributed by atoms with Gasteiger partial charge < -0.3 is 4.57 Å². The van der Waals surface area contributed by atoms with Crippen molar-refractivity contribution < 1.29 is 0 Å². The van der Waals surface area contributed by atoms with Crippen molar-refractivity contribution in [2.75, 3.05) is 0 Å². The molecule has 0 radical (unpaired) electrons. The van der Waals surface area contributed by atoms with Gasteiger partial charge in [0.15, 0.2) is 17.5 Å². The molecule has 0 aliphatic rings. The van der Waals surface area contributed by atoms with Crippen LogP contribution in [0.15, 0.2) is 176 Å². The third-order valence-corrected chi connectivity index (χ3v) is 12.7. The van der Waals surface area contributed by atoms with Crippen LogP contribution in [0.3, 0.4) is 0 Å². The Kier molecular flexibility index (Phi) is 8.41. The quantitative estimate of drug-likeness (QED) is 0.155. The molecule has 11 rings (SSSR count). The number of thiophene rings is 1. The van der Waals surface area contributed by atoms with Gasteiger partial charge in [-0.2, -0.15) is 0 Å². The third-order valence-electron chi connectivity index (χ3n) is 11.4. The Bertz CT molecular complexity index is 3340. The van der Waals surface area contributed by atoms with Crippen LogP contribution < -0.4 is 0 Å². The minimum absolute atomic E-state index is 0.660. The second-order valence-electron chi connectivity index (χ2n) is 15.0. The summed E-state index contributed by atoms with van der Waals surface area (Å²) >= 11 is 1.88. The molecular weight excluding hydrogens is 725 g/mol. The first kappa shape index (κ1) is 34.3. The van der Waals surface area contributed by atoms with Crippen molar-refractivity contribution in [1.29, 1.82) is 0 Å². The van der Waals surface area contributed by atoms with Gasteiger partial charge in [0, 0.05) is 53.0 Å². The normalized spacial score (nSPS) is 11.7. The Morgan fingerprint density at radius 1 is 0.448 bits per heavy atom. The van der Waals surface area contributed by atoms with E-state index in [-0.39, 0.29) is 0 Å². The van der Waals surface area contributed by atoms with E-state index in [4.69, 9.17) is 15.0 Å². The first-order chi connectivity index (χ1) is 28.7. The molecular formula is C53H38N4S. The molecule has 8 aromatic carbocycles. The van der Waals surface area contributed by atoms with Gasteiger partial charge in [-0.1, -0.05) is 147 Å². The van der Waals surface area contributed by atoms with Crippen LogP contribution in [0.25, 0.3) is 104 Å². The molecule has 0 bridgehead atoms. The zero-order chi connectivity index (χ0) is 38.6. The lowest BCUT2D eigenvalue weighted by molar-refractivity contribution is 0.795. The lowest BCUT2D eigenvalue weighted by Gasteiger charge is -2.15. The molecule has 0 aliphatic heterocycles. The molecule has 0 atom stereocenters. The topological polar surface area (TPSA) is 43.6 Å². The number of aryl methyl sites for hydroxylation is 1. The van der Waals surface area contributed by atoms with Crippen molar-refractivity contribution in [3.8, 4) is 51.0 Å². The Balaban J connectivity index is 1.09. The van der Waals surface area contributed by atoms with Crippen LogP contribution in [0.5, 0.6) is 0 Å². The molecule has 58 heavy (non-hydrogen) atoms. The highest BCUT2D eigenvalue weighted by atomic mass is 32.1. The van der Waals surface area contributed by atoms with Gasteiger partial charge in [-0.15, -0.1) is 11.3 Å². The fourth-order valence-corrected chi connectivity index (χ4v) is 9.87. The van der Waals surface area contributed by atoms with Gasteiger partial charge in [0.2, 0.25) is 0 Å². The van der Waals surface area contributed by atoms with Crippen molar-refractivity contribution in [2.45, 2.75) is 26.2 Å². The van der Waals surface area contributed by atoms with Crippen LogP contribution in [0.2, 0.25) is 0 Å². The van der Waals surface area contributed by atoms with Gasteiger partial charge in [0.05, 0.1) is 16.7 Å². The maximum Gasteiger partial charge on any atom is 0.164 e. The van der Waals surface area contributed by atoms with Gasteiger partial charge in [0.25, 0.3) is 0 Å². The lowest BCUT2D eigenvalue weighted by Crippen LogP contribution is -2.02. The molecule has 0 aliphatic carbocycles. The molecule has 0 saturated carbocycles. The number of nitrogens with zero attached hydrogens (tertiary/aromatic N) is 4. The summed E-state index contributed by atoms with van der Waals surface area (Å²) in [4.78, 5) is 15.4. The summed E-state index contributed by atoms with van der Waals surface area (Å²) in [6.45, 7) is 2.23. The van der Waals surface area contributed by atoms with Crippen molar-refractivity contribution in [2.24, 2.45) is 0 Å². The molecule has 4 nitrogen and oxygen atoms in total. The number of hydrogen-bond donors (Lipinski definition) is 0. The molecule has 5 heteroatoms. The van der Waals surface area contributed by atoms with E-state index in [0.717, 1.165) is 52.4 Å². The van der Waals surface area contributed by atoms with Crippen LogP contribution in [-0.4, -0.2) is 19.5 Å². The zero-order valence-electron chi connectivity index (χ0n) is 32.1. The van der Waals surface area contributed by atoms with Crippen molar-refractivity contribution in [3.05, 3.63) is 181 Å². The largest absolute Gasteiger partial charge is 0.309 e. The summed E-state index contributed by atoms with van der Waals surface area (Å²) < 4.78 is 5.07. The van der Waals surface area contributed by atoms with Crippen LogP contribution in [0.4, 0.5) is 0 Å². The lowest BCUT2D eigenvalue weighted by atomic mass is 10.0. The first-order valence-electron chi connectivity index (χ1n) is 20.1. The summed E-state index contributed by atoms with van der Waals surface area (Å²) in [5.74, 6) is 2.00. The van der Waals surface area contributed by atoms with E-state index >= 15 is 0 Å². The maximum absolute atomic E-state index is 5.21. The number of rotatable bonds is 8. The minimum Gasteiger partial charge on any atom is -0.309 e. The summed E-state index contributed by atoms with van der Waals surface area (Å²) in [5, 5.41) is 7.31. The molecule has 0 amide bonds. The number of benzene rings is 8. The number of aromatic nitrogens is 4. The molecule has 11 aromatic rings. The van der Waals surface area contributed by atoms with Crippen LogP contribution >= 0.6 is 11.3 Å². The summed E-state index contributed by atoms with van der Waals surface area (Å²) in [7, 11) is 0.